The smallest absolute Gasteiger partial charge is 0.338 e. The molecule has 4 fully saturated rings. The molecule has 3 unspecified atom stereocenters. The van der Waals surface area contributed by atoms with E-state index >= 15 is 0 Å². The fourth-order valence-corrected chi connectivity index (χ4v) is 7.62. The maximum absolute atomic E-state index is 12.2. The Hall–Kier alpha value is -2.07. The highest BCUT2D eigenvalue weighted by Crippen LogP contribution is 2.42. The standard InChI is InChI=1S/C42H64O8/c1-2-3-8-21-34(48-39-23-12-16-28-44-39)26-27-36-35(22-11-5-4-6-15-31-47-42(43)33-19-9-7-10-20-33)37(49-40-24-13-17-29-45-40)32-38(36)50-41-25-14-18-30-46-41/h5,7,9-11,19-20,26-27,34-41H,2-4,6,8,12-18,21-25,28-32H2,1H3/t34-,35+,36+,37-,38+,39?,40?,41?/m0/s1. The van der Waals surface area contributed by atoms with Crippen molar-refractivity contribution in [3.05, 3.63) is 60.2 Å². The minimum absolute atomic E-state index is 0.00265. The maximum Gasteiger partial charge on any atom is 0.338 e. The van der Waals surface area contributed by atoms with Gasteiger partial charge < -0.3 is 33.2 Å². The Morgan fingerprint density at radius 1 is 0.800 bits per heavy atom. The second-order valence-electron chi connectivity index (χ2n) is 14.5. The molecule has 4 aliphatic rings. The van der Waals surface area contributed by atoms with E-state index in [0.717, 1.165) is 123 Å². The Kier molecular flexibility index (Phi) is 17.8. The molecule has 5 rings (SSSR count). The third kappa shape index (κ3) is 13.5. The van der Waals surface area contributed by atoms with Crippen molar-refractivity contribution in [2.45, 2.75) is 160 Å². The lowest BCUT2D eigenvalue weighted by atomic mass is 9.89. The van der Waals surface area contributed by atoms with Crippen molar-refractivity contribution in [1.29, 1.82) is 0 Å². The van der Waals surface area contributed by atoms with Crippen molar-refractivity contribution in [1.82, 2.24) is 0 Å². The summed E-state index contributed by atoms with van der Waals surface area (Å²) in [6, 6.07) is 9.19. The summed E-state index contributed by atoms with van der Waals surface area (Å²) >= 11 is 0. The Balaban J connectivity index is 1.23. The molecule has 8 heteroatoms. The van der Waals surface area contributed by atoms with E-state index in [-0.39, 0.29) is 55.0 Å². The van der Waals surface area contributed by atoms with Gasteiger partial charge in [-0.15, -0.1) is 0 Å². The zero-order valence-electron chi connectivity index (χ0n) is 30.6. The molecule has 3 heterocycles. The van der Waals surface area contributed by atoms with Crippen LogP contribution in [0.15, 0.2) is 54.6 Å². The van der Waals surface area contributed by atoms with Gasteiger partial charge in [0.1, 0.15) is 0 Å². The average molecular weight is 697 g/mol. The first-order valence-electron chi connectivity index (χ1n) is 20.1. The molecule has 0 aromatic heterocycles. The van der Waals surface area contributed by atoms with Crippen LogP contribution in [0.25, 0.3) is 0 Å². The van der Waals surface area contributed by atoms with Crippen LogP contribution in [0.2, 0.25) is 0 Å². The number of ether oxygens (including phenoxy) is 7. The van der Waals surface area contributed by atoms with E-state index in [0.29, 0.717) is 12.2 Å². The van der Waals surface area contributed by atoms with Gasteiger partial charge in [0.15, 0.2) is 18.9 Å². The predicted octanol–water partition coefficient (Wildman–Crippen LogP) is 9.47. The Bertz CT molecular complexity index is 1110. The summed E-state index contributed by atoms with van der Waals surface area (Å²) in [5, 5.41) is 0. The van der Waals surface area contributed by atoms with Gasteiger partial charge in [-0.25, -0.2) is 4.79 Å². The molecule has 1 aromatic rings. The van der Waals surface area contributed by atoms with Crippen molar-refractivity contribution < 1.29 is 38.0 Å². The van der Waals surface area contributed by atoms with Gasteiger partial charge in [-0.3, -0.25) is 0 Å². The SMILES string of the molecule is CCCCC[C@@H](C=C[C@@H]1[C@@H](CC=CCCCCOC(=O)c2ccccc2)[C@@H](OC2CCCCO2)C[C@H]1OC1CCCCO1)OC1CCCCO1. The van der Waals surface area contributed by atoms with Gasteiger partial charge in [0, 0.05) is 32.2 Å². The van der Waals surface area contributed by atoms with E-state index < -0.39 is 0 Å². The highest BCUT2D eigenvalue weighted by atomic mass is 16.7. The summed E-state index contributed by atoms with van der Waals surface area (Å²) in [4.78, 5) is 12.2. The van der Waals surface area contributed by atoms with Crippen molar-refractivity contribution >= 4 is 5.97 Å². The molecular weight excluding hydrogens is 632 g/mol. The number of rotatable bonds is 20. The van der Waals surface area contributed by atoms with Crippen LogP contribution in [-0.2, 0) is 33.2 Å². The van der Waals surface area contributed by atoms with Crippen LogP contribution < -0.4 is 0 Å². The molecule has 280 valence electrons. The van der Waals surface area contributed by atoms with Crippen molar-refractivity contribution in [2.75, 3.05) is 26.4 Å². The molecule has 1 aromatic carbocycles. The Morgan fingerprint density at radius 3 is 2.14 bits per heavy atom. The molecule has 8 nitrogen and oxygen atoms in total. The molecular formula is C42H64O8. The molecule has 0 radical (unpaired) electrons. The van der Waals surface area contributed by atoms with E-state index in [1.54, 1.807) is 12.1 Å². The Morgan fingerprint density at radius 2 is 1.48 bits per heavy atom. The van der Waals surface area contributed by atoms with Gasteiger partial charge in [-0.2, -0.15) is 0 Å². The number of carbonyl (C=O) groups excluding carboxylic acids is 1. The predicted molar refractivity (Wildman–Crippen MR) is 195 cm³/mol. The first-order chi connectivity index (χ1) is 24.7. The molecule has 0 bridgehead atoms. The van der Waals surface area contributed by atoms with E-state index in [1.165, 1.54) is 12.8 Å². The van der Waals surface area contributed by atoms with Crippen LogP contribution in [-0.4, -0.2) is 69.6 Å². The Labute approximate surface area is 301 Å². The molecule has 3 aliphatic heterocycles. The third-order valence-corrected chi connectivity index (χ3v) is 10.5. The van der Waals surface area contributed by atoms with Gasteiger partial charge in [-0.1, -0.05) is 68.7 Å². The highest BCUT2D eigenvalue weighted by Gasteiger charge is 2.45. The zero-order valence-corrected chi connectivity index (χ0v) is 30.6. The molecule has 1 saturated carbocycles. The highest BCUT2D eigenvalue weighted by molar-refractivity contribution is 5.89. The third-order valence-electron chi connectivity index (χ3n) is 10.5. The van der Waals surface area contributed by atoms with Gasteiger partial charge in [0.25, 0.3) is 0 Å². The fraction of sp³-hybridized carbons (Fsp3) is 0.738. The van der Waals surface area contributed by atoms with Crippen LogP contribution >= 0.6 is 0 Å². The molecule has 50 heavy (non-hydrogen) atoms. The number of allylic oxidation sites excluding steroid dienone is 2. The second-order valence-corrected chi connectivity index (χ2v) is 14.5. The van der Waals surface area contributed by atoms with Crippen LogP contribution in [0, 0.1) is 11.8 Å². The largest absolute Gasteiger partial charge is 0.462 e. The van der Waals surface area contributed by atoms with E-state index in [2.05, 4.69) is 31.2 Å². The lowest BCUT2D eigenvalue weighted by Crippen LogP contribution is -2.31. The number of carbonyl (C=O) groups is 1. The molecule has 3 saturated heterocycles. The number of unbranched alkanes of at least 4 members (excludes halogenated alkanes) is 4. The summed E-state index contributed by atoms with van der Waals surface area (Å²) in [5.74, 6) is 0.158. The number of hydrogen-bond acceptors (Lipinski definition) is 8. The van der Waals surface area contributed by atoms with Gasteiger partial charge >= 0.3 is 5.97 Å². The summed E-state index contributed by atoms with van der Waals surface area (Å²) < 4.78 is 43.8. The molecule has 8 atom stereocenters. The lowest BCUT2D eigenvalue weighted by Gasteiger charge is -2.30. The zero-order chi connectivity index (χ0) is 34.6. The quantitative estimate of drug-likeness (QED) is 0.0758. The summed E-state index contributed by atoms with van der Waals surface area (Å²) in [7, 11) is 0. The van der Waals surface area contributed by atoms with E-state index in [4.69, 9.17) is 33.2 Å². The first kappa shape index (κ1) is 39.1. The van der Waals surface area contributed by atoms with Gasteiger partial charge in [-0.05, 0) is 108 Å². The topological polar surface area (TPSA) is 81.7 Å². The van der Waals surface area contributed by atoms with E-state index in [9.17, 15) is 4.79 Å². The number of esters is 1. The van der Waals surface area contributed by atoms with Crippen molar-refractivity contribution in [3.63, 3.8) is 0 Å². The van der Waals surface area contributed by atoms with Crippen LogP contribution in [0.4, 0.5) is 0 Å². The molecule has 0 amide bonds. The van der Waals surface area contributed by atoms with Crippen LogP contribution in [0.3, 0.4) is 0 Å². The minimum atomic E-state index is -0.255. The fourth-order valence-electron chi connectivity index (χ4n) is 7.62. The summed E-state index contributed by atoms with van der Waals surface area (Å²) in [6.07, 6.45) is 27.5. The number of hydrogen-bond donors (Lipinski definition) is 0. The lowest BCUT2D eigenvalue weighted by molar-refractivity contribution is -0.203. The number of benzene rings is 1. The van der Waals surface area contributed by atoms with Gasteiger partial charge in [0.05, 0.1) is 30.5 Å². The maximum atomic E-state index is 12.2. The molecule has 1 aliphatic carbocycles. The van der Waals surface area contributed by atoms with Crippen molar-refractivity contribution in [2.24, 2.45) is 11.8 Å². The molecule has 0 spiro atoms. The minimum Gasteiger partial charge on any atom is -0.462 e. The van der Waals surface area contributed by atoms with Crippen LogP contribution in [0.1, 0.15) is 133 Å². The van der Waals surface area contributed by atoms with Crippen LogP contribution in [0.5, 0.6) is 0 Å². The monoisotopic (exact) mass is 696 g/mol. The summed E-state index contributed by atoms with van der Waals surface area (Å²) in [6.45, 7) is 5.00. The summed E-state index contributed by atoms with van der Waals surface area (Å²) in [5.41, 5.74) is 0.599. The van der Waals surface area contributed by atoms with Gasteiger partial charge in [0.2, 0.25) is 0 Å². The normalized spacial score (nSPS) is 29.8. The van der Waals surface area contributed by atoms with Crippen molar-refractivity contribution in [3.8, 4) is 0 Å². The van der Waals surface area contributed by atoms with E-state index in [1.807, 2.05) is 18.2 Å². The second kappa shape index (κ2) is 22.8. The molecule has 0 N–H and O–H groups in total. The average Bonchev–Trinajstić information content (AvgIpc) is 3.47. The first-order valence-corrected chi connectivity index (χ1v) is 20.1.